The van der Waals surface area contributed by atoms with Crippen molar-refractivity contribution in [2.75, 3.05) is 20.2 Å². The SMILES string of the molecule is CN1CCC[C@@H](CO)[C@@H]1c1ccc(C(F)(F)F)cc1. The second-order valence-electron chi connectivity index (χ2n) is 5.13. The van der Waals surface area contributed by atoms with Crippen molar-refractivity contribution < 1.29 is 18.3 Å². The van der Waals surface area contributed by atoms with Crippen LogP contribution < -0.4 is 0 Å². The van der Waals surface area contributed by atoms with E-state index in [2.05, 4.69) is 4.90 Å². The van der Waals surface area contributed by atoms with E-state index in [0.717, 1.165) is 37.1 Å². The Morgan fingerprint density at radius 2 is 1.89 bits per heavy atom. The standard InChI is InChI=1S/C14H18F3NO/c1-18-8-2-3-11(9-19)13(18)10-4-6-12(7-5-10)14(15,16)17/h4-7,11,13,19H,2-3,8-9H2,1H3/t11-,13-/m0/s1. The molecule has 0 spiro atoms. The number of hydrogen-bond acceptors (Lipinski definition) is 2. The highest BCUT2D eigenvalue weighted by Crippen LogP contribution is 2.36. The summed E-state index contributed by atoms with van der Waals surface area (Å²) >= 11 is 0. The van der Waals surface area contributed by atoms with Crippen molar-refractivity contribution in [2.45, 2.75) is 25.1 Å². The van der Waals surface area contributed by atoms with Crippen LogP contribution in [0.25, 0.3) is 0 Å². The summed E-state index contributed by atoms with van der Waals surface area (Å²) in [6, 6.07) is 5.29. The molecule has 0 radical (unpaired) electrons. The molecule has 1 heterocycles. The second-order valence-corrected chi connectivity index (χ2v) is 5.13. The highest BCUT2D eigenvalue weighted by atomic mass is 19.4. The van der Waals surface area contributed by atoms with Gasteiger partial charge < -0.3 is 5.11 Å². The molecule has 2 rings (SSSR count). The predicted octanol–water partition coefficient (Wildman–Crippen LogP) is 3.08. The molecule has 1 aliphatic heterocycles. The third-order valence-corrected chi connectivity index (χ3v) is 3.82. The van der Waals surface area contributed by atoms with Crippen LogP contribution >= 0.6 is 0 Å². The van der Waals surface area contributed by atoms with Gasteiger partial charge in [-0.1, -0.05) is 12.1 Å². The number of rotatable bonds is 2. The van der Waals surface area contributed by atoms with Crippen LogP contribution in [0, 0.1) is 5.92 Å². The Morgan fingerprint density at radius 3 is 2.42 bits per heavy atom. The first-order valence-electron chi connectivity index (χ1n) is 6.41. The Bertz CT molecular complexity index is 416. The lowest BCUT2D eigenvalue weighted by Crippen LogP contribution is -2.37. The van der Waals surface area contributed by atoms with Crippen molar-refractivity contribution in [1.82, 2.24) is 4.90 Å². The van der Waals surface area contributed by atoms with Crippen LogP contribution in [0.2, 0.25) is 0 Å². The second kappa shape index (κ2) is 5.51. The molecule has 0 aromatic heterocycles. The molecule has 1 N–H and O–H groups in total. The molecule has 0 aliphatic carbocycles. The van der Waals surface area contributed by atoms with Crippen molar-refractivity contribution >= 4 is 0 Å². The Hall–Kier alpha value is -1.07. The highest BCUT2D eigenvalue weighted by Gasteiger charge is 2.32. The quantitative estimate of drug-likeness (QED) is 0.895. The molecule has 2 nitrogen and oxygen atoms in total. The van der Waals surface area contributed by atoms with Crippen LogP contribution in [0.4, 0.5) is 13.2 Å². The zero-order valence-electron chi connectivity index (χ0n) is 10.8. The van der Waals surface area contributed by atoms with Gasteiger partial charge in [0.05, 0.1) is 5.56 Å². The fourth-order valence-electron chi connectivity index (χ4n) is 2.85. The Labute approximate surface area is 110 Å². The van der Waals surface area contributed by atoms with E-state index in [0.29, 0.717) is 0 Å². The molecule has 19 heavy (non-hydrogen) atoms. The molecule has 106 valence electrons. The van der Waals surface area contributed by atoms with Gasteiger partial charge in [0, 0.05) is 18.6 Å². The van der Waals surface area contributed by atoms with Crippen molar-refractivity contribution in [3.8, 4) is 0 Å². The lowest BCUT2D eigenvalue weighted by molar-refractivity contribution is -0.137. The van der Waals surface area contributed by atoms with Crippen LogP contribution in [0.15, 0.2) is 24.3 Å². The van der Waals surface area contributed by atoms with E-state index in [1.807, 2.05) is 7.05 Å². The van der Waals surface area contributed by atoms with Gasteiger partial charge in [-0.05, 0) is 44.1 Å². The number of benzene rings is 1. The summed E-state index contributed by atoms with van der Waals surface area (Å²) in [7, 11) is 1.95. The topological polar surface area (TPSA) is 23.5 Å². The summed E-state index contributed by atoms with van der Waals surface area (Å²) in [5.41, 5.74) is 0.213. The molecule has 0 bridgehead atoms. The smallest absolute Gasteiger partial charge is 0.396 e. The molecule has 0 amide bonds. The Kier molecular flexibility index (Phi) is 4.16. The number of aliphatic hydroxyl groups is 1. The average molecular weight is 273 g/mol. The summed E-state index contributed by atoms with van der Waals surface area (Å²) < 4.78 is 37.6. The first-order valence-corrected chi connectivity index (χ1v) is 6.41. The van der Waals surface area contributed by atoms with E-state index < -0.39 is 11.7 Å². The molecule has 1 saturated heterocycles. The summed E-state index contributed by atoms with van der Waals surface area (Å²) in [5, 5.41) is 9.42. The third kappa shape index (κ3) is 3.09. The normalized spacial score (nSPS) is 25.5. The zero-order valence-corrected chi connectivity index (χ0v) is 10.8. The maximum Gasteiger partial charge on any atom is 0.416 e. The maximum atomic E-state index is 12.5. The fourth-order valence-corrected chi connectivity index (χ4v) is 2.85. The molecule has 1 fully saturated rings. The van der Waals surface area contributed by atoms with Crippen LogP contribution in [0.1, 0.15) is 30.0 Å². The number of hydrogen-bond donors (Lipinski definition) is 1. The minimum absolute atomic E-state index is 0.000957. The minimum Gasteiger partial charge on any atom is -0.396 e. The Morgan fingerprint density at radius 1 is 1.26 bits per heavy atom. The number of aliphatic hydroxyl groups excluding tert-OH is 1. The van der Waals surface area contributed by atoms with Gasteiger partial charge in [0.25, 0.3) is 0 Å². The summed E-state index contributed by atoms with van der Waals surface area (Å²) in [4.78, 5) is 2.10. The molecule has 2 atom stereocenters. The molecule has 0 saturated carbocycles. The van der Waals surface area contributed by atoms with Gasteiger partial charge >= 0.3 is 6.18 Å². The molecular weight excluding hydrogens is 255 g/mol. The van der Waals surface area contributed by atoms with E-state index in [-0.39, 0.29) is 18.6 Å². The van der Waals surface area contributed by atoms with Crippen molar-refractivity contribution in [2.24, 2.45) is 5.92 Å². The molecule has 1 aliphatic rings. The first kappa shape index (κ1) is 14.3. The van der Waals surface area contributed by atoms with Crippen LogP contribution in [0.3, 0.4) is 0 Å². The van der Waals surface area contributed by atoms with E-state index in [4.69, 9.17) is 0 Å². The molecule has 1 aromatic rings. The van der Waals surface area contributed by atoms with E-state index in [1.165, 1.54) is 12.1 Å². The van der Waals surface area contributed by atoms with E-state index in [1.54, 1.807) is 0 Å². The van der Waals surface area contributed by atoms with Crippen molar-refractivity contribution in [1.29, 1.82) is 0 Å². The molecule has 1 aromatic carbocycles. The summed E-state index contributed by atoms with van der Waals surface area (Å²) in [5.74, 6) is 0.0930. The number of likely N-dealkylation sites (tertiary alicyclic amines) is 1. The van der Waals surface area contributed by atoms with Gasteiger partial charge in [-0.3, -0.25) is 4.90 Å². The van der Waals surface area contributed by atoms with Gasteiger partial charge in [0.15, 0.2) is 0 Å². The van der Waals surface area contributed by atoms with Gasteiger partial charge in [-0.25, -0.2) is 0 Å². The number of nitrogens with zero attached hydrogens (tertiary/aromatic N) is 1. The molecule has 5 heteroatoms. The molecular formula is C14H18F3NO. The predicted molar refractivity (Wildman–Crippen MR) is 66.6 cm³/mol. The zero-order chi connectivity index (χ0) is 14.0. The maximum absolute atomic E-state index is 12.5. The monoisotopic (exact) mass is 273 g/mol. The number of alkyl halides is 3. The first-order chi connectivity index (χ1) is 8.93. The molecule has 0 unspecified atom stereocenters. The van der Waals surface area contributed by atoms with Crippen molar-refractivity contribution in [3.63, 3.8) is 0 Å². The summed E-state index contributed by atoms with van der Waals surface area (Å²) in [6.07, 6.45) is -2.38. The van der Waals surface area contributed by atoms with Crippen molar-refractivity contribution in [3.05, 3.63) is 35.4 Å². The highest BCUT2D eigenvalue weighted by molar-refractivity contribution is 5.27. The minimum atomic E-state index is -4.30. The fraction of sp³-hybridized carbons (Fsp3) is 0.571. The average Bonchev–Trinajstić information content (AvgIpc) is 2.37. The van der Waals surface area contributed by atoms with E-state index >= 15 is 0 Å². The summed E-state index contributed by atoms with van der Waals surface area (Å²) in [6.45, 7) is 0.970. The largest absolute Gasteiger partial charge is 0.416 e. The number of halogens is 3. The van der Waals surface area contributed by atoms with Crippen LogP contribution in [0.5, 0.6) is 0 Å². The van der Waals surface area contributed by atoms with Crippen LogP contribution in [-0.4, -0.2) is 30.2 Å². The lowest BCUT2D eigenvalue weighted by atomic mass is 9.85. The van der Waals surface area contributed by atoms with Crippen LogP contribution in [-0.2, 0) is 6.18 Å². The van der Waals surface area contributed by atoms with Gasteiger partial charge in [0.2, 0.25) is 0 Å². The Balaban J connectivity index is 2.24. The van der Waals surface area contributed by atoms with Gasteiger partial charge in [-0.15, -0.1) is 0 Å². The van der Waals surface area contributed by atoms with Gasteiger partial charge in [-0.2, -0.15) is 13.2 Å². The van der Waals surface area contributed by atoms with E-state index in [9.17, 15) is 18.3 Å². The van der Waals surface area contributed by atoms with Gasteiger partial charge in [0.1, 0.15) is 0 Å². The lowest BCUT2D eigenvalue weighted by Gasteiger charge is -2.38. The number of piperidine rings is 1. The third-order valence-electron chi connectivity index (χ3n) is 3.82.